The summed E-state index contributed by atoms with van der Waals surface area (Å²) in [6, 6.07) is 16.6. The van der Waals surface area contributed by atoms with Gasteiger partial charge in [0.05, 0.1) is 4.92 Å². The van der Waals surface area contributed by atoms with Crippen LogP contribution in [0.1, 0.15) is 17.9 Å². The van der Waals surface area contributed by atoms with Crippen LogP contribution >= 0.6 is 0 Å². The van der Waals surface area contributed by atoms with Crippen LogP contribution in [-0.2, 0) is 0 Å². The number of nitro benzene ring substituents is 1. The van der Waals surface area contributed by atoms with Crippen LogP contribution in [0.3, 0.4) is 0 Å². The van der Waals surface area contributed by atoms with E-state index in [9.17, 15) is 10.1 Å². The zero-order valence-electron chi connectivity index (χ0n) is 12.1. The van der Waals surface area contributed by atoms with Gasteiger partial charge >= 0.3 is 0 Å². The van der Waals surface area contributed by atoms with Gasteiger partial charge in [-0.05, 0) is 30.7 Å². The maximum atomic E-state index is 10.7. The van der Waals surface area contributed by atoms with Gasteiger partial charge in [0, 0.05) is 24.6 Å². The first-order valence-electron chi connectivity index (χ1n) is 7.41. The number of piperidine rings is 1. The minimum atomic E-state index is -0.402. The topological polar surface area (TPSA) is 64.4 Å². The molecule has 2 aromatic rings. The van der Waals surface area contributed by atoms with Crippen molar-refractivity contribution in [3.05, 3.63) is 70.3 Å². The van der Waals surface area contributed by atoms with E-state index in [0.717, 1.165) is 19.5 Å². The maximum Gasteiger partial charge on any atom is 0.269 e. The third-order valence-corrected chi connectivity index (χ3v) is 3.98. The molecule has 0 bridgehead atoms. The molecule has 0 spiro atoms. The van der Waals surface area contributed by atoms with Crippen LogP contribution in [0.4, 0.5) is 5.69 Å². The quantitative estimate of drug-likeness (QED) is 0.696. The molecule has 1 saturated heterocycles. The smallest absolute Gasteiger partial charge is 0.269 e. The molecule has 0 amide bonds. The van der Waals surface area contributed by atoms with Gasteiger partial charge in [-0.1, -0.05) is 30.3 Å². The molecule has 1 heterocycles. The molecular formula is C17H18N2O3. The number of benzene rings is 2. The number of nitrogens with zero attached hydrogens (tertiary/aromatic N) is 1. The van der Waals surface area contributed by atoms with Gasteiger partial charge in [0.25, 0.3) is 5.69 Å². The minimum Gasteiger partial charge on any atom is -0.490 e. The predicted molar refractivity (Wildman–Crippen MR) is 84.2 cm³/mol. The van der Waals surface area contributed by atoms with E-state index in [1.165, 1.54) is 17.7 Å². The summed E-state index contributed by atoms with van der Waals surface area (Å²) in [5, 5.41) is 14.1. The van der Waals surface area contributed by atoms with Crippen molar-refractivity contribution in [3.63, 3.8) is 0 Å². The van der Waals surface area contributed by atoms with Crippen molar-refractivity contribution >= 4 is 5.69 Å². The summed E-state index contributed by atoms with van der Waals surface area (Å²) in [5.41, 5.74) is 1.33. The van der Waals surface area contributed by atoms with Gasteiger partial charge in [-0.2, -0.15) is 0 Å². The third-order valence-electron chi connectivity index (χ3n) is 3.98. The summed E-state index contributed by atoms with van der Waals surface area (Å²) in [6.45, 7) is 1.79. The van der Waals surface area contributed by atoms with E-state index in [4.69, 9.17) is 4.74 Å². The van der Waals surface area contributed by atoms with Crippen molar-refractivity contribution in [1.82, 2.24) is 5.32 Å². The molecule has 0 aromatic heterocycles. The maximum absolute atomic E-state index is 10.7. The van der Waals surface area contributed by atoms with Gasteiger partial charge in [-0.25, -0.2) is 0 Å². The molecule has 0 radical (unpaired) electrons. The van der Waals surface area contributed by atoms with Gasteiger partial charge in [-0.15, -0.1) is 0 Å². The van der Waals surface area contributed by atoms with Gasteiger partial charge < -0.3 is 10.1 Å². The van der Waals surface area contributed by atoms with E-state index in [-0.39, 0.29) is 17.7 Å². The lowest BCUT2D eigenvalue weighted by molar-refractivity contribution is -0.384. The monoisotopic (exact) mass is 298 g/mol. The van der Waals surface area contributed by atoms with Crippen molar-refractivity contribution in [1.29, 1.82) is 0 Å². The number of hydrogen-bond acceptors (Lipinski definition) is 4. The first kappa shape index (κ1) is 14.5. The average Bonchev–Trinajstić information content (AvgIpc) is 2.57. The molecule has 114 valence electrons. The average molecular weight is 298 g/mol. The third kappa shape index (κ3) is 3.26. The fraction of sp³-hybridized carbons (Fsp3) is 0.294. The zero-order valence-corrected chi connectivity index (χ0v) is 12.1. The first-order chi connectivity index (χ1) is 10.7. The van der Waals surface area contributed by atoms with Crippen molar-refractivity contribution in [3.8, 4) is 5.75 Å². The van der Waals surface area contributed by atoms with E-state index in [1.54, 1.807) is 12.1 Å². The summed E-state index contributed by atoms with van der Waals surface area (Å²) in [7, 11) is 0. The zero-order chi connectivity index (χ0) is 15.4. The van der Waals surface area contributed by atoms with Crippen molar-refractivity contribution in [2.75, 3.05) is 13.1 Å². The molecule has 3 rings (SSSR count). The summed E-state index contributed by atoms with van der Waals surface area (Å²) in [4.78, 5) is 10.3. The minimum absolute atomic E-state index is 0.0742. The van der Waals surface area contributed by atoms with Crippen molar-refractivity contribution in [2.45, 2.75) is 18.4 Å². The highest BCUT2D eigenvalue weighted by Crippen LogP contribution is 2.28. The number of rotatable bonds is 4. The van der Waals surface area contributed by atoms with E-state index < -0.39 is 4.92 Å². The highest BCUT2D eigenvalue weighted by molar-refractivity contribution is 5.36. The fourth-order valence-electron chi connectivity index (χ4n) is 2.83. The number of hydrogen-bond donors (Lipinski definition) is 1. The molecule has 2 atom stereocenters. The lowest BCUT2D eigenvalue weighted by Crippen LogP contribution is -2.41. The summed E-state index contributed by atoms with van der Waals surface area (Å²) in [5.74, 6) is 0.962. The lowest BCUT2D eigenvalue weighted by Gasteiger charge is -2.32. The van der Waals surface area contributed by atoms with Gasteiger partial charge in [-0.3, -0.25) is 10.1 Å². The Balaban J connectivity index is 1.75. The molecule has 1 aliphatic heterocycles. The lowest BCUT2D eigenvalue weighted by atomic mass is 9.89. The first-order valence-corrected chi connectivity index (χ1v) is 7.41. The van der Waals surface area contributed by atoms with E-state index in [0.29, 0.717) is 5.75 Å². The summed E-state index contributed by atoms with van der Waals surface area (Å²) < 4.78 is 6.09. The van der Waals surface area contributed by atoms with E-state index >= 15 is 0 Å². The highest BCUT2D eigenvalue weighted by atomic mass is 16.6. The van der Waals surface area contributed by atoms with Gasteiger partial charge in [0.1, 0.15) is 11.9 Å². The molecule has 0 aliphatic carbocycles. The predicted octanol–water partition coefficient (Wildman–Crippen LogP) is 3.12. The number of nitrogens with one attached hydrogen (secondary N) is 1. The van der Waals surface area contributed by atoms with Crippen LogP contribution < -0.4 is 10.1 Å². The second kappa shape index (κ2) is 6.58. The van der Waals surface area contributed by atoms with Gasteiger partial charge in [0.15, 0.2) is 0 Å². The van der Waals surface area contributed by atoms with Crippen molar-refractivity contribution < 1.29 is 9.66 Å². The molecule has 0 saturated carbocycles. The van der Waals surface area contributed by atoms with E-state index in [2.05, 4.69) is 17.4 Å². The number of nitro groups is 1. The summed E-state index contributed by atoms with van der Waals surface area (Å²) in [6.07, 6.45) is 0.987. The van der Waals surface area contributed by atoms with Crippen LogP contribution in [0.2, 0.25) is 0 Å². The Hall–Kier alpha value is -2.40. The molecule has 1 fully saturated rings. The molecule has 5 nitrogen and oxygen atoms in total. The molecule has 1 aliphatic rings. The van der Waals surface area contributed by atoms with Crippen LogP contribution in [-0.4, -0.2) is 24.1 Å². The molecule has 1 N–H and O–H groups in total. The summed E-state index contributed by atoms with van der Waals surface area (Å²) >= 11 is 0. The molecule has 22 heavy (non-hydrogen) atoms. The Kier molecular flexibility index (Phi) is 4.34. The highest BCUT2D eigenvalue weighted by Gasteiger charge is 2.28. The normalized spacial score (nSPS) is 21.3. The molecule has 0 unspecified atom stereocenters. The molecule has 5 heteroatoms. The van der Waals surface area contributed by atoms with Gasteiger partial charge in [0.2, 0.25) is 0 Å². The second-order valence-corrected chi connectivity index (χ2v) is 5.42. The Morgan fingerprint density at radius 1 is 1.09 bits per heavy atom. The Bertz CT molecular complexity index is 628. The van der Waals surface area contributed by atoms with Crippen molar-refractivity contribution in [2.24, 2.45) is 0 Å². The Morgan fingerprint density at radius 3 is 2.50 bits per heavy atom. The standard InChI is InChI=1S/C17H18N2O3/c20-19(21)14-6-8-15(9-7-14)22-17-10-11-18-12-16(17)13-4-2-1-3-5-13/h1-9,16-18H,10-12H2/t16-,17+/m1/s1. The number of non-ortho nitro benzene ring substituents is 1. The Morgan fingerprint density at radius 2 is 1.82 bits per heavy atom. The van der Waals surface area contributed by atoms with E-state index in [1.807, 2.05) is 18.2 Å². The van der Waals surface area contributed by atoms with Crippen LogP contribution in [0.5, 0.6) is 5.75 Å². The van der Waals surface area contributed by atoms with Crippen LogP contribution in [0.15, 0.2) is 54.6 Å². The molecular weight excluding hydrogens is 280 g/mol. The second-order valence-electron chi connectivity index (χ2n) is 5.42. The fourth-order valence-corrected chi connectivity index (χ4v) is 2.83. The van der Waals surface area contributed by atoms with Crippen LogP contribution in [0.25, 0.3) is 0 Å². The molecule has 2 aromatic carbocycles. The Labute approximate surface area is 129 Å². The van der Waals surface area contributed by atoms with Crippen LogP contribution in [0, 0.1) is 10.1 Å². The largest absolute Gasteiger partial charge is 0.490 e. The number of ether oxygens (including phenoxy) is 1. The SMILES string of the molecule is O=[N+]([O-])c1ccc(O[C@H]2CCNC[C@@H]2c2ccccc2)cc1.